The molecular formula is C17H34N2O. The van der Waals surface area contributed by atoms with Gasteiger partial charge >= 0.3 is 0 Å². The Morgan fingerprint density at radius 1 is 1.25 bits per heavy atom. The van der Waals surface area contributed by atoms with Gasteiger partial charge in [-0.3, -0.25) is 4.79 Å². The second-order valence-electron chi connectivity index (χ2n) is 7.76. The molecule has 1 heterocycles. The summed E-state index contributed by atoms with van der Waals surface area (Å²) >= 11 is 0. The van der Waals surface area contributed by atoms with Crippen LogP contribution in [-0.4, -0.2) is 36.0 Å². The number of rotatable bonds is 5. The molecule has 0 spiro atoms. The number of amides is 1. The van der Waals surface area contributed by atoms with Crippen molar-refractivity contribution in [3.8, 4) is 0 Å². The molecular weight excluding hydrogens is 248 g/mol. The zero-order valence-electron chi connectivity index (χ0n) is 14.3. The van der Waals surface area contributed by atoms with Crippen molar-refractivity contribution in [3.05, 3.63) is 0 Å². The Morgan fingerprint density at radius 2 is 1.90 bits per heavy atom. The van der Waals surface area contributed by atoms with Gasteiger partial charge in [0.1, 0.15) is 0 Å². The first-order valence-corrected chi connectivity index (χ1v) is 8.24. The number of hydrogen-bond donors (Lipinski definition) is 1. The third-order valence-electron chi connectivity index (χ3n) is 4.73. The Kier molecular flexibility index (Phi) is 6.50. The predicted molar refractivity (Wildman–Crippen MR) is 85.7 cm³/mol. The number of piperidine rings is 1. The highest BCUT2D eigenvalue weighted by molar-refractivity contribution is 5.76. The zero-order valence-corrected chi connectivity index (χ0v) is 14.3. The topological polar surface area (TPSA) is 32.3 Å². The number of nitrogens with one attached hydrogen (secondary N) is 1. The summed E-state index contributed by atoms with van der Waals surface area (Å²) < 4.78 is 0. The molecule has 0 aromatic carbocycles. The van der Waals surface area contributed by atoms with Gasteiger partial charge in [-0.05, 0) is 44.6 Å². The molecule has 3 heteroatoms. The Morgan fingerprint density at radius 3 is 2.35 bits per heavy atom. The van der Waals surface area contributed by atoms with Crippen molar-refractivity contribution < 1.29 is 4.79 Å². The van der Waals surface area contributed by atoms with Crippen LogP contribution in [0.3, 0.4) is 0 Å². The van der Waals surface area contributed by atoms with E-state index in [1.54, 1.807) is 0 Å². The van der Waals surface area contributed by atoms with E-state index in [0.29, 0.717) is 30.3 Å². The third kappa shape index (κ3) is 5.43. The van der Waals surface area contributed by atoms with Gasteiger partial charge in [-0.2, -0.15) is 0 Å². The Hall–Kier alpha value is -0.570. The summed E-state index contributed by atoms with van der Waals surface area (Å²) in [6.45, 7) is 15.1. The average molecular weight is 282 g/mol. The summed E-state index contributed by atoms with van der Waals surface area (Å²) in [5.41, 5.74) is 0.196. The van der Waals surface area contributed by atoms with E-state index in [1.807, 2.05) is 0 Å². The number of hydrogen-bond acceptors (Lipinski definition) is 2. The molecule has 1 saturated heterocycles. The first-order chi connectivity index (χ1) is 9.21. The lowest BCUT2D eigenvalue weighted by molar-refractivity contribution is -0.135. The van der Waals surface area contributed by atoms with Gasteiger partial charge in [0, 0.05) is 25.0 Å². The molecule has 1 rings (SSSR count). The maximum atomic E-state index is 12.6. The van der Waals surface area contributed by atoms with Crippen molar-refractivity contribution in [2.45, 2.75) is 79.3 Å². The minimum atomic E-state index is 0.196. The Bertz CT molecular complexity index is 301. The van der Waals surface area contributed by atoms with E-state index in [0.717, 1.165) is 13.1 Å². The lowest BCUT2D eigenvalue weighted by atomic mass is 9.80. The molecule has 2 atom stereocenters. The fraction of sp³-hybridized carbons (Fsp3) is 0.941. The SMILES string of the molecule is CC(C)N(CC1CCCCN1)C(=O)CC(C)C(C)(C)C. The van der Waals surface area contributed by atoms with Crippen LogP contribution >= 0.6 is 0 Å². The van der Waals surface area contributed by atoms with Crippen LogP contribution in [0.2, 0.25) is 0 Å². The average Bonchev–Trinajstić information content (AvgIpc) is 2.35. The molecule has 1 fully saturated rings. The van der Waals surface area contributed by atoms with E-state index in [9.17, 15) is 4.79 Å². The second kappa shape index (κ2) is 7.44. The highest BCUT2D eigenvalue weighted by Crippen LogP contribution is 2.28. The monoisotopic (exact) mass is 282 g/mol. The van der Waals surface area contributed by atoms with Crippen LogP contribution < -0.4 is 5.32 Å². The summed E-state index contributed by atoms with van der Waals surface area (Å²) in [5.74, 6) is 0.727. The molecule has 2 unspecified atom stereocenters. The highest BCUT2D eigenvalue weighted by Gasteiger charge is 2.27. The summed E-state index contributed by atoms with van der Waals surface area (Å²) in [7, 11) is 0. The largest absolute Gasteiger partial charge is 0.339 e. The van der Waals surface area contributed by atoms with Gasteiger partial charge < -0.3 is 10.2 Å². The number of carbonyl (C=O) groups is 1. The minimum Gasteiger partial charge on any atom is -0.339 e. The normalized spacial score (nSPS) is 21.9. The molecule has 0 saturated carbocycles. The first-order valence-electron chi connectivity index (χ1n) is 8.24. The van der Waals surface area contributed by atoms with Crippen LogP contribution in [0.15, 0.2) is 0 Å². The van der Waals surface area contributed by atoms with Crippen LogP contribution in [0.5, 0.6) is 0 Å². The van der Waals surface area contributed by atoms with Crippen molar-refractivity contribution in [1.29, 1.82) is 0 Å². The van der Waals surface area contributed by atoms with Gasteiger partial charge in [-0.15, -0.1) is 0 Å². The van der Waals surface area contributed by atoms with E-state index < -0.39 is 0 Å². The summed E-state index contributed by atoms with van der Waals surface area (Å²) in [5, 5.41) is 3.55. The number of carbonyl (C=O) groups excluding carboxylic acids is 1. The van der Waals surface area contributed by atoms with Gasteiger partial charge in [0.25, 0.3) is 0 Å². The lowest BCUT2D eigenvalue weighted by Gasteiger charge is -2.35. The van der Waals surface area contributed by atoms with Crippen LogP contribution in [-0.2, 0) is 4.79 Å². The summed E-state index contributed by atoms with van der Waals surface area (Å²) in [6, 6.07) is 0.776. The van der Waals surface area contributed by atoms with E-state index in [2.05, 4.69) is 51.8 Å². The molecule has 0 aromatic rings. The minimum absolute atomic E-state index is 0.196. The highest BCUT2D eigenvalue weighted by atomic mass is 16.2. The van der Waals surface area contributed by atoms with Gasteiger partial charge in [-0.1, -0.05) is 34.1 Å². The van der Waals surface area contributed by atoms with Crippen molar-refractivity contribution in [2.24, 2.45) is 11.3 Å². The van der Waals surface area contributed by atoms with Gasteiger partial charge in [0.05, 0.1) is 0 Å². The maximum Gasteiger partial charge on any atom is 0.223 e. The summed E-state index contributed by atoms with van der Waals surface area (Å²) in [4.78, 5) is 14.7. The fourth-order valence-corrected chi connectivity index (χ4v) is 2.60. The van der Waals surface area contributed by atoms with E-state index >= 15 is 0 Å². The van der Waals surface area contributed by atoms with Crippen molar-refractivity contribution in [1.82, 2.24) is 10.2 Å². The molecule has 1 aliphatic heterocycles. The first kappa shape index (κ1) is 17.5. The molecule has 1 N–H and O–H groups in total. The number of nitrogens with zero attached hydrogens (tertiary/aromatic N) is 1. The van der Waals surface area contributed by atoms with Gasteiger partial charge in [0.2, 0.25) is 5.91 Å². The van der Waals surface area contributed by atoms with Crippen molar-refractivity contribution in [3.63, 3.8) is 0 Å². The van der Waals surface area contributed by atoms with Crippen molar-refractivity contribution in [2.75, 3.05) is 13.1 Å². The molecule has 0 radical (unpaired) electrons. The lowest BCUT2D eigenvalue weighted by Crippen LogP contribution is -2.48. The van der Waals surface area contributed by atoms with E-state index in [1.165, 1.54) is 19.3 Å². The molecule has 0 bridgehead atoms. The van der Waals surface area contributed by atoms with Crippen LogP contribution in [0, 0.1) is 11.3 Å². The standard InChI is InChI=1S/C17H34N2O/c1-13(2)19(12-15-9-7-8-10-18-15)16(20)11-14(3)17(4,5)6/h13-15,18H,7-12H2,1-6H3. The van der Waals surface area contributed by atoms with Gasteiger partial charge in [-0.25, -0.2) is 0 Å². The quantitative estimate of drug-likeness (QED) is 0.838. The molecule has 118 valence electrons. The van der Waals surface area contributed by atoms with Gasteiger partial charge in [0.15, 0.2) is 0 Å². The molecule has 1 aliphatic rings. The van der Waals surface area contributed by atoms with E-state index in [-0.39, 0.29) is 5.41 Å². The smallest absolute Gasteiger partial charge is 0.223 e. The zero-order chi connectivity index (χ0) is 15.3. The molecule has 3 nitrogen and oxygen atoms in total. The summed E-state index contributed by atoms with van der Waals surface area (Å²) in [6.07, 6.45) is 4.42. The second-order valence-corrected chi connectivity index (χ2v) is 7.76. The van der Waals surface area contributed by atoms with Crippen LogP contribution in [0.25, 0.3) is 0 Å². The molecule has 0 aromatic heterocycles. The van der Waals surface area contributed by atoms with E-state index in [4.69, 9.17) is 0 Å². The Labute approximate surface area is 125 Å². The molecule has 0 aliphatic carbocycles. The van der Waals surface area contributed by atoms with Crippen LogP contribution in [0.4, 0.5) is 0 Å². The predicted octanol–water partition coefficient (Wildman–Crippen LogP) is 3.44. The third-order valence-corrected chi connectivity index (χ3v) is 4.73. The fourth-order valence-electron chi connectivity index (χ4n) is 2.60. The van der Waals surface area contributed by atoms with Crippen LogP contribution in [0.1, 0.15) is 67.2 Å². The van der Waals surface area contributed by atoms with Crippen molar-refractivity contribution >= 4 is 5.91 Å². The molecule has 20 heavy (non-hydrogen) atoms. The maximum absolute atomic E-state index is 12.6. The Balaban J connectivity index is 2.58. The molecule has 1 amide bonds.